The zero-order valence-corrected chi connectivity index (χ0v) is 36.5. The lowest BCUT2D eigenvalue weighted by molar-refractivity contribution is -0.197. The van der Waals surface area contributed by atoms with Gasteiger partial charge < -0.3 is 13.6 Å². The molecule has 1 atom stereocenters. The molecule has 0 aromatic heterocycles. The van der Waals surface area contributed by atoms with Gasteiger partial charge in [0.2, 0.25) is 0 Å². The zero-order valence-electron chi connectivity index (χ0n) is 34.2. The first kappa shape index (κ1) is 49.4. The Balaban J connectivity index is 4.26. The molecule has 49 heavy (non-hydrogen) atoms. The van der Waals surface area contributed by atoms with Crippen LogP contribution in [0.3, 0.4) is 0 Å². The van der Waals surface area contributed by atoms with Crippen LogP contribution in [0.2, 0.25) is 0 Å². The molecule has 0 aromatic rings. The highest BCUT2D eigenvalue weighted by atomic mass is 32.1. The molecule has 0 amide bonds. The Hall–Kier alpha value is 0.447. The topological polar surface area (TPSA) is 27.7 Å². The first-order valence-electron chi connectivity index (χ1n) is 22.7. The molecule has 3 nitrogen and oxygen atoms in total. The van der Waals surface area contributed by atoms with Crippen molar-refractivity contribution >= 4 is 22.6 Å². The van der Waals surface area contributed by atoms with Gasteiger partial charge in [0.05, 0.1) is 0 Å². The third kappa shape index (κ3) is 38.0. The van der Waals surface area contributed by atoms with E-state index in [1.165, 1.54) is 218 Å². The van der Waals surface area contributed by atoms with E-state index < -0.39 is 15.8 Å². The summed E-state index contributed by atoms with van der Waals surface area (Å²) in [5, 5.41) is 0. The van der Waals surface area contributed by atoms with Crippen LogP contribution in [0.5, 0.6) is 0 Å². The number of ether oxygens (including phenoxy) is 1. The summed E-state index contributed by atoms with van der Waals surface area (Å²) in [6, 6.07) is 0. The van der Waals surface area contributed by atoms with Gasteiger partial charge in [-0.3, -0.25) is 0 Å². The fraction of sp³-hybridized carbons (Fsp3) is 1.00. The summed E-state index contributed by atoms with van der Waals surface area (Å²) in [4.78, 5) is 0. The van der Waals surface area contributed by atoms with E-state index in [4.69, 9.17) is 13.6 Å². The summed E-state index contributed by atoms with van der Waals surface area (Å²) in [5.41, 5.74) is 0. The lowest BCUT2D eigenvalue weighted by Gasteiger charge is -2.34. The van der Waals surface area contributed by atoms with Crippen molar-refractivity contribution in [3.63, 3.8) is 0 Å². The predicted molar refractivity (Wildman–Crippen MR) is 226 cm³/mol. The van der Waals surface area contributed by atoms with Crippen molar-refractivity contribution < 1.29 is 13.6 Å². The summed E-state index contributed by atoms with van der Waals surface area (Å²) in [6.45, 7) is 8.58. The van der Waals surface area contributed by atoms with Crippen LogP contribution < -0.4 is 0 Å². The van der Waals surface area contributed by atoms with Crippen molar-refractivity contribution in [2.24, 2.45) is 0 Å². The van der Waals surface area contributed by atoms with Crippen LogP contribution in [0.1, 0.15) is 258 Å². The molecule has 0 aromatic carbocycles. The minimum absolute atomic E-state index is 0.470. The molecule has 0 radical (unpaired) electrons. The van der Waals surface area contributed by atoms with E-state index in [9.17, 15) is 0 Å². The standard InChI is InChI=1S/C44H92O3SSi/c1-4-7-10-13-16-19-22-23-24-26-29-32-35-38-42-46-49-47-44(40-43-48,39-36-33-30-27-25-20-17-14-11-8-5-2)45-41-37-34-31-28-21-18-15-12-9-6-3/h48H,4-43,49H2,1-3H3. The molecule has 1 unspecified atom stereocenters. The van der Waals surface area contributed by atoms with Crippen molar-refractivity contribution in [2.45, 2.75) is 264 Å². The van der Waals surface area contributed by atoms with Gasteiger partial charge in [0, 0.05) is 26.1 Å². The van der Waals surface area contributed by atoms with E-state index in [0.717, 1.165) is 38.2 Å². The van der Waals surface area contributed by atoms with Crippen LogP contribution in [0, 0.1) is 0 Å². The van der Waals surface area contributed by atoms with E-state index in [-0.39, 0.29) is 0 Å². The number of hydrogen-bond donors (Lipinski definition) is 1. The second kappa shape index (κ2) is 42.9. The van der Waals surface area contributed by atoms with Gasteiger partial charge in [0.1, 0.15) is 0 Å². The third-order valence-electron chi connectivity index (χ3n) is 10.6. The Kier molecular flexibility index (Phi) is 43.2. The van der Waals surface area contributed by atoms with Gasteiger partial charge in [-0.1, -0.05) is 226 Å². The second-order valence-electron chi connectivity index (χ2n) is 15.5. The van der Waals surface area contributed by atoms with Crippen molar-refractivity contribution in [1.29, 1.82) is 0 Å². The van der Waals surface area contributed by atoms with Crippen molar-refractivity contribution in [2.75, 3.05) is 19.0 Å². The number of rotatable bonds is 44. The Bertz CT molecular complexity index is 567. The summed E-state index contributed by atoms with van der Waals surface area (Å²) in [5.74, 6) is 0.339. The molecule has 0 fully saturated rings. The molecule has 0 aliphatic heterocycles. The van der Waals surface area contributed by atoms with E-state index >= 15 is 0 Å². The summed E-state index contributed by atoms with van der Waals surface area (Å²) in [6.07, 6.45) is 50.0. The van der Waals surface area contributed by atoms with Crippen LogP contribution in [0.4, 0.5) is 0 Å². The maximum absolute atomic E-state index is 6.65. The lowest BCUT2D eigenvalue weighted by atomic mass is 10.0. The molecule has 0 heterocycles. The molecule has 0 aliphatic carbocycles. The van der Waals surface area contributed by atoms with Crippen molar-refractivity contribution in [3.05, 3.63) is 0 Å². The monoisotopic (exact) mass is 729 g/mol. The fourth-order valence-electron chi connectivity index (χ4n) is 7.14. The maximum Gasteiger partial charge on any atom is 0.307 e. The van der Waals surface area contributed by atoms with Crippen molar-refractivity contribution in [3.8, 4) is 0 Å². The molecule has 0 bridgehead atoms. The normalized spacial score (nSPS) is 13.2. The van der Waals surface area contributed by atoms with Crippen LogP contribution in [-0.4, -0.2) is 34.8 Å². The van der Waals surface area contributed by atoms with E-state index in [2.05, 4.69) is 33.4 Å². The first-order chi connectivity index (χ1) is 24.2. The molecule has 296 valence electrons. The molecule has 0 spiro atoms. The Morgan fingerprint density at radius 3 is 1.02 bits per heavy atom. The van der Waals surface area contributed by atoms with Gasteiger partial charge in [-0.2, -0.15) is 12.6 Å². The van der Waals surface area contributed by atoms with Gasteiger partial charge in [-0.05, 0) is 25.0 Å². The average molecular weight is 729 g/mol. The first-order valence-corrected chi connectivity index (χ1v) is 24.5. The smallest absolute Gasteiger partial charge is 0.307 e. The van der Waals surface area contributed by atoms with Crippen LogP contribution >= 0.6 is 12.6 Å². The molecule has 0 aliphatic rings. The van der Waals surface area contributed by atoms with E-state index in [1.807, 2.05) is 0 Å². The molecular weight excluding hydrogens is 637 g/mol. The Morgan fingerprint density at radius 2 is 0.673 bits per heavy atom. The van der Waals surface area contributed by atoms with Gasteiger partial charge in [0.25, 0.3) is 0 Å². The highest BCUT2D eigenvalue weighted by Gasteiger charge is 2.30. The van der Waals surface area contributed by atoms with Gasteiger partial charge in [0.15, 0.2) is 5.79 Å². The van der Waals surface area contributed by atoms with E-state index in [0.29, 0.717) is 0 Å². The number of hydrogen-bond acceptors (Lipinski definition) is 4. The molecule has 0 saturated heterocycles. The van der Waals surface area contributed by atoms with Gasteiger partial charge in [-0.25, -0.2) is 0 Å². The predicted octanol–water partition coefficient (Wildman–Crippen LogP) is 15.2. The molecule has 0 N–H and O–H groups in total. The highest BCUT2D eigenvalue weighted by molar-refractivity contribution is 7.80. The largest absolute Gasteiger partial charge is 0.399 e. The highest BCUT2D eigenvalue weighted by Crippen LogP contribution is 2.27. The third-order valence-corrected chi connectivity index (χ3v) is 11.9. The summed E-state index contributed by atoms with van der Waals surface area (Å²) in [7, 11) is -1.06. The van der Waals surface area contributed by atoms with Gasteiger partial charge >= 0.3 is 10.0 Å². The summed E-state index contributed by atoms with van der Waals surface area (Å²) < 4.78 is 19.4. The fourth-order valence-corrected chi connectivity index (χ4v) is 8.47. The SMILES string of the molecule is CCCCCCCCCCCCCCCCO[SiH2]OC(CCS)(CCCCCCCCCCCCC)OCCCCCCCCCCCC. The quantitative estimate of drug-likeness (QED) is 0.0293. The number of unbranched alkanes of at least 4 members (excludes halogenated alkanes) is 32. The maximum atomic E-state index is 6.65. The average Bonchev–Trinajstić information content (AvgIpc) is 3.11. The number of thiol groups is 1. The second-order valence-corrected chi connectivity index (χ2v) is 16.8. The minimum Gasteiger partial charge on any atom is -0.399 e. The molecule has 5 heteroatoms. The van der Waals surface area contributed by atoms with Crippen LogP contribution in [0.25, 0.3) is 0 Å². The molecular formula is C44H92O3SSi. The Labute approximate surface area is 318 Å². The molecule has 0 rings (SSSR count). The van der Waals surface area contributed by atoms with Gasteiger partial charge in [-0.15, -0.1) is 0 Å². The van der Waals surface area contributed by atoms with Crippen molar-refractivity contribution in [1.82, 2.24) is 0 Å². The minimum atomic E-state index is -1.06. The Morgan fingerprint density at radius 1 is 0.367 bits per heavy atom. The van der Waals surface area contributed by atoms with E-state index in [1.54, 1.807) is 0 Å². The lowest BCUT2D eigenvalue weighted by Crippen LogP contribution is -2.39. The zero-order chi connectivity index (χ0) is 35.6. The van der Waals surface area contributed by atoms with Crippen LogP contribution in [0.15, 0.2) is 0 Å². The summed E-state index contributed by atoms with van der Waals surface area (Å²) >= 11 is 4.65. The molecule has 0 saturated carbocycles. The van der Waals surface area contributed by atoms with Crippen LogP contribution in [-0.2, 0) is 13.6 Å².